The summed E-state index contributed by atoms with van der Waals surface area (Å²) in [6.07, 6.45) is 0. The second-order valence-corrected chi connectivity index (χ2v) is 7.68. The minimum Gasteiger partial charge on any atom is -0.336 e. The van der Waals surface area contributed by atoms with Crippen molar-refractivity contribution in [1.82, 2.24) is 9.80 Å². The zero-order chi connectivity index (χ0) is 19.1. The summed E-state index contributed by atoms with van der Waals surface area (Å²) in [5.41, 5.74) is 2.66. The molecule has 0 bridgehead atoms. The van der Waals surface area contributed by atoms with Gasteiger partial charge in [-0.05, 0) is 36.9 Å². The van der Waals surface area contributed by atoms with Crippen LogP contribution < -0.4 is 5.32 Å². The molecule has 1 heterocycles. The van der Waals surface area contributed by atoms with Gasteiger partial charge in [-0.15, -0.1) is 11.8 Å². The van der Waals surface area contributed by atoms with Gasteiger partial charge in [-0.3, -0.25) is 9.59 Å². The lowest BCUT2D eigenvalue weighted by Crippen LogP contribution is -2.47. The van der Waals surface area contributed by atoms with Gasteiger partial charge in [0.1, 0.15) is 0 Å². The molecule has 1 aliphatic rings. The lowest BCUT2D eigenvalue weighted by atomic mass is 10.1. The predicted octanol–water partition coefficient (Wildman–Crippen LogP) is 2.95. The van der Waals surface area contributed by atoms with Crippen LogP contribution in [0.15, 0.2) is 54.6 Å². The molecule has 0 atom stereocenters. The number of likely N-dealkylation sites (N-methyl/N-ethyl adjacent to an activating group) is 1. The lowest BCUT2D eigenvalue weighted by molar-refractivity contribution is -0.113. The number of para-hydroxylation sites is 1. The third-order valence-electron chi connectivity index (χ3n) is 4.55. The van der Waals surface area contributed by atoms with Crippen LogP contribution in [0.4, 0.5) is 5.69 Å². The molecule has 1 fully saturated rings. The molecule has 2 aromatic carbocycles. The van der Waals surface area contributed by atoms with Crippen molar-refractivity contribution in [3.63, 3.8) is 0 Å². The topological polar surface area (TPSA) is 52.7 Å². The van der Waals surface area contributed by atoms with E-state index in [4.69, 9.17) is 0 Å². The Morgan fingerprint density at radius 3 is 2.30 bits per heavy atom. The molecule has 0 saturated carbocycles. The Kier molecular flexibility index (Phi) is 6.90. The Labute approximate surface area is 164 Å². The van der Waals surface area contributed by atoms with Gasteiger partial charge in [0.25, 0.3) is 5.91 Å². The van der Waals surface area contributed by atoms with E-state index in [1.807, 2.05) is 59.5 Å². The summed E-state index contributed by atoms with van der Waals surface area (Å²) in [5.74, 6) is 1.24. The number of carbonyl (C=O) groups excluding carboxylic acids is 2. The van der Waals surface area contributed by atoms with Gasteiger partial charge < -0.3 is 15.1 Å². The Morgan fingerprint density at radius 1 is 0.963 bits per heavy atom. The van der Waals surface area contributed by atoms with Crippen molar-refractivity contribution < 1.29 is 9.59 Å². The molecule has 0 radical (unpaired) electrons. The van der Waals surface area contributed by atoms with Crippen molar-refractivity contribution in [1.29, 1.82) is 0 Å². The third-order valence-corrected chi connectivity index (χ3v) is 5.55. The minimum atomic E-state index is -0.00642. The highest BCUT2D eigenvalue weighted by Gasteiger charge is 2.20. The van der Waals surface area contributed by atoms with E-state index in [-0.39, 0.29) is 11.8 Å². The lowest BCUT2D eigenvalue weighted by Gasteiger charge is -2.32. The molecule has 1 aliphatic heterocycles. The average Bonchev–Trinajstić information content (AvgIpc) is 2.69. The van der Waals surface area contributed by atoms with Gasteiger partial charge >= 0.3 is 0 Å². The van der Waals surface area contributed by atoms with Gasteiger partial charge in [-0.1, -0.05) is 30.3 Å². The van der Waals surface area contributed by atoms with Crippen molar-refractivity contribution >= 4 is 29.3 Å². The molecule has 0 aliphatic carbocycles. The number of hydrogen-bond acceptors (Lipinski definition) is 4. The van der Waals surface area contributed by atoms with Crippen LogP contribution in [0.5, 0.6) is 0 Å². The number of rotatable bonds is 6. The fourth-order valence-corrected chi connectivity index (χ4v) is 3.70. The summed E-state index contributed by atoms with van der Waals surface area (Å²) in [6, 6.07) is 17.2. The summed E-state index contributed by atoms with van der Waals surface area (Å²) in [6.45, 7) is 3.41. The first-order valence-corrected chi connectivity index (χ1v) is 10.3. The van der Waals surface area contributed by atoms with E-state index in [0.717, 1.165) is 48.7 Å². The molecule has 0 aromatic heterocycles. The highest BCUT2D eigenvalue weighted by Crippen LogP contribution is 2.15. The first-order chi connectivity index (χ1) is 13.1. The maximum Gasteiger partial charge on any atom is 0.253 e. The summed E-state index contributed by atoms with van der Waals surface area (Å²) in [5, 5.41) is 2.88. The van der Waals surface area contributed by atoms with Crippen LogP contribution in [-0.4, -0.2) is 60.6 Å². The van der Waals surface area contributed by atoms with E-state index in [2.05, 4.69) is 17.3 Å². The van der Waals surface area contributed by atoms with Crippen LogP contribution in [0.25, 0.3) is 0 Å². The van der Waals surface area contributed by atoms with E-state index < -0.39 is 0 Å². The molecule has 27 heavy (non-hydrogen) atoms. The van der Waals surface area contributed by atoms with E-state index >= 15 is 0 Å². The average molecular weight is 384 g/mol. The molecule has 1 N–H and O–H groups in total. The quantitative estimate of drug-likeness (QED) is 0.833. The Bertz CT molecular complexity index is 757. The van der Waals surface area contributed by atoms with Gasteiger partial charge in [0.15, 0.2) is 0 Å². The van der Waals surface area contributed by atoms with Crippen molar-refractivity contribution in [2.45, 2.75) is 5.75 Å². The third kappa shape index (κ3) is 5.84. The fourth-order valence-electron chi connectivity index (χ4n) is 2.92. The highest BCUT2D eigenvalue weighted by atomic mass is 32.2. The van der Waals surface area contributed by atoms with Crippen LogP contribution in [0.3, 0.4) is 0 Å². The largest absolute Gasteiger partial charge is 0.336 e. The Hall–Kier alpha value is -2.31. The number of amides is 2. The van der Waals surface area contributed by atoms with Gasteiger partial charge in [-0.2, -0.15) is 0 Å². The molecule has 0 spiro atoms. The molecule has 2 aromatic rings. The summed E-state index contributed by atoms with van der Waals surface area (Å²) in [7, 11) is 2.08. The number of nitrogens with one attached hydrogen (secondary N) is 1. The molecule has 1 saturated heterocycles. The molecule has 5 nitrogen and oxygen atoms in total. The standard InChI is InChI=1S/C21H25N3O2S/c1-23-11-13-24(14-12-23)21(26)18-9-7-17(8-10-18)15-27-16-20(25)22-19-5-3-2-4-6-19/h2-10H,11-16H2,1H3,(H,22,25). The summed E-state index contributed by atoms with van der Waals surface area (Å²) in [4.78, 5) is 28.7. The van der Waals surface area contributed by atoms with Gasteiger partial charge in [0.05, 0.1) is 5.75 Å². The number of nitrogens with zero attached hydrogens (tertiary/aromatic N) is 2. The van der Waals surface area contributed by atoms with Crippen molar-refractivity contribution in [2.24, 2.45) is 0 Å². The van der Waals surface area contributed by atoms with Crippen LogP contribution in [0.2, 0.25) is 0 Å². The number of benzene rings is 2. The number of carbonyl (C=O) groups is 2. The molecule has 142 valence electrons. The van der Waals surface area contributed by atoms with Crippen LogP contribution in [0.1, 0.15) is 15.9 Å². The number of thioether (sulfide) groups is 1. The zero-order valence-corrected chi connectivity index (χ0v) is 16.4. The molecule has 6 heteroatoms. The first-order valence-electron chi connectivity index (χ1n) is 9.11. The van der Waals surface area contributed by atoms with Gasteiger partial charge in [0.2, 0.25) is 5.91 Å². The molecule has 3 rings (SSSR count). The zero-order valence-electron chi connectivity index (χ0n) is 15.6. The second kappa shape index (κ2) is 9.58. The first kappa shape index (κ1) is 19.5. The van der Waals surface area contributed by atoms with Crippen LogP contribution >= 0.6 is 11.8 Å². The normalized spacial score (nSPS) is 14.8. The molecular weight excluding hydrogens is 358 g/mol. The van der Waals surface area contributed by atoms with Crippen molar-refractivity contribution in [3.05, 3.63) is 65.7 Å². The smallest absolute Gasteiger partial charge is 0.253 e. The second-order valence-electron chi connectivity index (χ2n) is 6.70. The van der Waals surface area contributed by atoms with Gasteiger partial charge in [-0.25, -0.2) is 0 Å². The van der Waals surface area contributed by atoms with Crippen LogP contribution in [-0.2, 0) is 10.5 Å². The van der Waals surface area contributed by atoms with Gasteiger partial charge in [0, 0.05) is 43.2 Å². The molecule has 0 unspecified atom stereocenters. The minimum absolute atomic E-state index is 0.00642. The molecular formula is C21H25N3O2S. The molecule has 2 amide bonds. The Morgan fingerprint density at radius 2 is 1.63 bits per heavy atom. The Balaban J connectivity index is 1.43. The highest BCUT2D eigenvalue weighted by molar-refractivity contribution is 7.99. The summed E-state index contributed by atoms with van der Waals surface area (Å²) < 4.78 is 0. The number of anilines is 1. The number of hydrogen-bond donors (Lipinski definition) is 1. The number of piperazine rings is 1. The van der Waals surface area contributed by atoms with E-state index in [1.165, 1.54) is 0 Å². The monoisotopic (exact) mass is 383 g/mol. The van der Waals surface area contributed by atoms with E-state index in [1.54, 1.807) is 11.8 Å². The van der Waals surface area contributed by atoms with Crippen molar-refractivity contribution in [3.8, 4) is 0 Å². The summed E-state index contributed by atoms with van der Waals surface area (Å²) >= 11 is 1.56. The van der Waals surface area contributed by atoms with Crippen LogP contribution in [0, 0.1) is 0 Å². The maximum atomic E-state index is 12.5. The van der Waals surface area contributed by atoms with Crippen molar-refractivity contribution in [2.75, 3.05) is 44.3 Å². The van der Waals surface area contributed by atoms with E-state index in [9.17, 15) is 9.59 Å². The SMILES string of the molecule is CN1CCN(C(=O)c2ccc(CSCC(=O)Nc3ccccc3)cc2)CC1. The fraction of sp³-hybridized carbons (Fsp3) is 0.333. The predicted molar refractivity (Wildman–Crippen MR) is 111 cm³/mol. The van der Waals surface area contributed by atoms with E-state index in [0.29, 0.717) is 5.75 Å². The maximum absolute atomic E-state index is 12.5.